The fraction of sp³-hybridized carbons (Fsp3) is 0.167. The van der Waals surface area contributed by atoms with Crippen molar-refractivity contribution in [2.45, 2.75) is 0 Å². The Morgan fingerprint density at radius 3 is 3.11 bits per heavy atom. The third-order valence-electron chi connectivity index (χ3n) is 2.41. The molecule has 1 aromatic rings. The summed E-state index contributed by atoms with van der Waals surface area (Å²) >= 11 is 0. The van der Waals surface area contributed by atoms with Crippen LogP contribution in [0.15, 0.2) is 35.5 Å². The number of halogens is 1. The Hall–Kier alpha value is -2.41. The van der Waals surface area contributed by atoms with Crippen LogP contribution in [0.5, 0.6) is 5.75 Å². The second-order valence-corrected chi connectivity index (χ2v) is 3.58. The molecule has 0 atom stereocenters. The van der Waals surface area contributed by atoms with Gasteiger partial charge in [-0.3, -0.25) is 4.79 Å². The minimum absolute atomic E-state index is 0.00811. The largest absolute Gasteiger partial charge is 0.494 e. The number of ether oxygens (including phenoxy) is 1. The van der Waals surface area contributed by atoms with Crippen LogP contribution < -0.4 is 15.1 Å². The Bertz CT molecular complexity index is 545. The lowest BCUT2D eigenvalue weighted by Gasteiger charge is -2.24. The zero-order valence-electron chi connectivity index (χ0n) is 10.2. The molecule has 1 aliphatic heterocycles. The molecule has 1 heterocycles. The van der Waals surface area contributed by atoms with Crippen molar-refractivity contribution in [3.05, 3.63) is 36.3 Å². The van der Waals surface area contributed by atoms with E-state index in [1.165, 1.54) is 31.6 Å². The monoisotopic (exact) mass is 265 g/mol. The molecule has 0 spiro atoms. The van der Waals surface area contributed by atoms with E-state index in [9.17, 15) is 9.18 Å². The van der Waals surface area contributed by atoms with E-state index in [2.05, 4.69) is 16.9 Å². The van der Waals surface area contributed by atoms with Gasteiger partial charge in [-0.1, -0.05) is 12.6 Å². The number of carbonyl (C=O) groups is 1. The number of methoxy groups -OCH3 is 1. The topological polar surface area (TPSA) is 63.2 Å². The summed E-state index contributed by atoms with van der Waals surface area (Å²) in [7, 11) is 1.37. The van der Waals surface area contributed by atoms with E-state index >= 15 is 0 Å². The van der Waals surface area contributed by atoms with Crippen LogP contribution in [-0.4, -0.2) is 26.1 Å². The second-order valence-electron chi connectivity index (χ2n) is 3.58. The van der Waals surface area contributed by atoms with Gasteiger partial charge in [-0.2, -0.15) is 5.06 Å². The highest BCUT2D eigenvalue weighted by Crippen LogP contribution is 2.32. The van der Waals surface area contributed by atoms with Crippen LogP contribution in [0.25, 0.3) is 0 Å². The molecule has 0 saturated carbocycles. The fourth-order valence-corrected chi connectivity index (χ4v) is 1.52. The molecule has 0 aromatic heterocycles. The number of hydrogen-bond donors (Lipinski definition) is 1. The van der Waals surface area contributed by atoms with E-state index in [1.54, 1.807) is 0 Å². The number of anilines is 1. The molecule has 2 rings (SSSR count). The maximum absolute atomic E-state index is 13.9. The molecule has 1 N–H and O–H groups in total. The zero-order chi connectivity index (χ0) is 13.8. The van der Waals surface area contributed by atoms with E-state index in [1.807, 2.05) is 0 Å². The van der Waals surface area contributed by atoms with E-state index < -0.39 is 11.7 Å². The first-order chi connectivity index (χ1) is 9.15. The molecule has 6 nitrogen and oxygen atoms in total. The molecule has 1 amide bonds. The average molecular weight is 265 g/mol. The lowest BCUT2D eigenvalue weighted by atomic mass is 10.2. The van der Waals surface area contributed by atoms with Gasteiger partial charge in [-0.25, -0.2) is 14.2 Å². The highest BCUT2D eigenvalue weighted by Gasteiger charge is 2.26. The number of nitrogens with one attached hydrogen (secondary N) is 1. The van der Waals surface area contributed by atoms with Gasteiger partial charge in [0.1, 0.15) is 11.4 Å². The molecular formula is C12H12FN3O3. The first-order valence-corrected chi connectivity index (χ1v) is 5.38. The van der Waals surface area contributed by atoms with Crippen molar-refractivity contribution in [1.82, 2.24) is 5.32 Å². The van der Waals surface area contributed by atoms with Crippen molar-refractivity contribution >= 4 is 17.9 Å². The summed E-state index contributed by atoms with van der Waals surface area (Å²) in [6.07, 6.45) is 1.29. The van der Waals surface area contributed by atoms with Crippen molar-refractivity contribution in [2.24, 2.45) is 4.99 Å². The van der Waals surface area contributed by atoms with Crippen LogP contribution in [0.1, 0.15) is 0 Å². The summed E-state index contributed by atoms with van der Waals surface area (Å²) in [5.41, 5.74) is -0.108. The molecule has 1 aromatic carbocycles. The summed E-state index contributed by atoms with van der Waals surface area (Å²) in [4.78, 5) is 21.0. The smallest absolute Gasteiger partial charge is 0.298 e. The highest BCUT2D eigenvalue weighted by molar-refractivity contribution is 6.05. The summed E-state index contributed by atoms with van der Waals surface area (Å²) < 4.78 is 18.9. The normalized spacial score (nSPS) is 15.8. The molecule has 100 valence electrons. The van der Waals surface area contributed by atoms with E-state index in [4.69, 9.17) is 9.57 Å². The number of hydrogen-bond acceptors (Lipinski definition) is 5. The number of aliphatic imine (C=N–C) groups is 1. The highest BCUT2D eigenvalue weighted by atomic mass is 19.1. The molecule has 0 fully saturated rings. The molecule has 0 unspecified atom stereocenters. The van der Waals surface area contributed by atoms with Crippen LogP contribution in [0.3, 0.4) is 0 Å². The van der Waals surface area contributed by atoms with Crippen molar-refractivity contribution in [1.29, 1.82) is 0 Å². The van der Waals surface area contributed by atoms with E-state index in [0.29, 0.717) is 0 Å². The summed E-state index contributed by atoms with van der Waals surface area (Å²) in [6.45, 7) is 3.39. The van der Waals surface area contributed by atoms with Gasteiger partial charge < -0.3 is 10.1 Å². The van der Waals surface area contributed by atoms with Gasteiger partial charge in [0.15, 0.2) is 18.2 Å². The van der Waals surface area contributed by atoms with Gasteiger partial charge >= 0.3 is 0 Å². The average Bonchev–Trinajstić information content (AvgIpc) is 2.41. The molecule has 0 bridgehead atoms. The number of amides is 1. The first kappa shape index (κ1) is 13.0. The summed E-state index contributed by atoms with van der Waals surface area (Å²) in [6, 6.07) is 4.19. The minimum Gasteiger partial charge on any atom is -0.494 e. The molecule has 0 aliphatic carbocycles. The van der Waals surface area contributed by atoms with Gasteiger partial charge in [0.25, 0.3) is 5.91 Å². The fourth-order valence-electron chi connectivity index (χ4n) is 1.52. The Morgan fingerprint density at radius 2 is 2.37 bits per heavy atom. The molecule has 0 radical (unpaired) electrons. The molecule has 1 aliphatic rings. The van der Waals surface area contributed by atoms with Crippen LogP contribution in [0.4, 0.5) is 10.1 Å². The van der Waals surface area contributed by atoms with Crippen molar-refractivity contribution in [2.75, 3.05) is 18.9 Å². The molecular weight excluding hydrogens is 253 g/mol. The Kier molecular flexibility index (Phi) is 3.76. The quantitative estimate of drug-likeness (QED) is 0.816. The maximum atomic E-state index is 13.9. The van der Waals surface area contributed by atoms with Crippen LogP contribution in [0.2, 0.25) is 0 Å². The van der Waals surface area contributed by atoms with E-state index in [0.717, 1.165) is 5.06 Å². The Balaban J connectivity index is 2.46. The number of hydroxylamine groups is 1. The number of para-hydroxylation sites is 1. The third-order valence-corrected chi connectivity index (χ3v) is 2.41. The number of benzene rings is 1. The lowest BCUT2D eigenvalue weighted by Crippen LogP contribution is -2.38. The zero-order valence-corrected chi connectivity index (χ0v) is 10.2. The predicted molar refractivity (Wildman–Crippen MR) is 67.2 cm³/mol. The second kappa shape index (κ2) is 5.49. The standard InChI is InChI=1S/C12H12FN3O3/c1-8-12(17)16(19-7-14-6-15-8)11-9(13)4-3-5-10(11)18-2/h3-6H,1,7H2,2H3,(H,14,15). The first-order valence-electron chi connectivity index (χ1n) is 5.38. The predicted octanol–water partition coefficient (Wildman–Crippen LogP) is 1.20. The molecule has 19 heavy (non-hydrogen) atoms. The molecule has 7 heteroatoms. The lowest BCUT2D eigenvalue weighted by molar-refractivity contribution is -0.122. The van der Waals surface area contributed by atoms with Gasteiger partial charge in [0, 0.05) is 0 Å². The van der Waals surface area contributed by atoms with Crippen LogP contribution >= 0.6 is 0 Å². The summed E-state index contributed by atoms with van der Waals surface area (Å²) in [5, 5.41) is 3.35. The SMILES string of the molecule is C=C1NC=NCON(c2c(F)cccc2OC)C1=O. The maximum Gasteiger partial charge on any atom is 0.298 e. The Labute approximate surface area is 109 Å². The number of carbonyl (C=O) groups excluding carboxylic acids is 1. The van der Waals surface area contributed by atoms with Gasteiger partial charge in [0.2, 0.25) is 0 Å². The molecule has 0 saturated heterocycles. The van der Waals surface area contributed by atoms with Gasteiger partial charge in [-0.05, 0) is 12.1 Å². The summed E-state index contributed by atoms with van der Waals surface area (Å²) in [5.74, 6) is -1.11. The van der Waals surface area contributed by atoms with Gasteiger partial charge in [-0.15, -0.1) is 0 Å². The van der Waals surface area contributed by atoms with Crippen molar-refractivity contribution < 1.29 is 18.8 Å². The van der Waals surface area contributed by atoms with Crippen molar-refractivity contribution in [3.63, 3.8) is 0 Å². The van der Waals surface area contributed by atoms with Crippen LogP contribution in [-0.2, 0) is 9.63 Å². The van der Waals surface area contributed by atoms with Gasteiger partial charge in [0.05, 0.1) is 13.4 Å². The minimum atomic E-state index is -0.648. The third kappa shape index (κ3) is 2.55. The van der Waals surface area contributed by atoms with Crippen LogP contribution in [0, 0.1) is 5.82 Å². The van der Waals surface area contributed by atoms with E-state index in [-0.39, 0.29) is 23.9 Å². The Morgan fingerprint density at radius 1 is 1.58 bits per heavy atom. The number of rotatable bonds is 2. The number of nitrogens with zero attached hydrogens (tertiary/aromatic N) is 2. The van der Waals surface area contributed by atoms with Crippen molar-refractivity contribution in [3.8, 4) is 5.75 Å².